The maximum Gasteiger partial charge on any atom is 0.0594 e. The van der Waals surface area contributed by atoms with Gasteiger partial charge in [0.15, 0.2) is 0 Å². The molecule has 31 heavy (non-hydrogen) atoms. The molecular weight excluding hydrogens is 376 g/mol. The van der Waals surface area contributed by atoms with E-state index in [-0.39, 0.29) is 11.5 Å². The van der Waals surface area contributed by atoms with Crippen LogP contribution in [0.2, 0.25) is 0 Å². The fourth-order valence-electron chi connectivity index (χ4n) is 9.11. The van der Waals surface area contributed by atoms with Gasteiger partial charge in [-0.15, -0.1) is 0 Å². The van der Waals surface area contributed by atoms with Gasteiger partial charge in [0.25, 0.3) is 0 Å². The van der Waals surface area contributed by atoms with Crippen LogP contribution < -0.4 is 0 Å². The first-order valence-corrected chi connectivity index (χ1v) is 13.4. The van der Waals surface area contributed by atoms with Gasteiger partial charge in [-0.3, -0.25) is 0 Å². The number of hydrogen-bond acceptors (Lipinski definition) is 1. The van der Waals surface area contributed by atoms with E-state index in [1.165, 1.54) is 44.9 Å². The Morgan fingerprint density at radius 3 is 2.42 bits per heavy atom. The summed E-state index contributed by atoms with van der Waals surface area (Å²) in [7, 11) is 0. The molecule has 2 saturated carbocycles. The second-order valence-electron chi connectivity index (χ2n) is 13.5. The fourth-order valence-corrected chi connectivity index (χ4v) is 9.11. The average molecular weight is 427 g/mol. The molecule has 176 valence electrons. The quantitative estimate of drug-likeness (QED) is 0.450. The molecule has 4 aliphatic carbocycles. The van der Waals surface area contributed by atoms with Crippen LogP contribution in [0.15, 0.2) is 22.8 Å². The summed E-state index contributed by atoms with van der Waals surface area (Å²) >= 11 is 0. The van der Waals surface area contributed by atoms with Crippen molar-refractivity contribution in [3.05, 3.63) is 22.8 Å². The van der Waals surface area contributed by atoms with E-state index in [1.54, 1.807) is 11.1 Å². The Morgan fingerprint density at radius 2 is 1.71 bits per heavy atom. The van der Waals surface area contributed by atoms with Crippen LogP contribution in [0.25, 0.3) is 0 Å². The summed E-state index contributed by atoms with van der Waals surface area (Å²) in [4.78, 5) is 0. The third-order valence-corrected chi connectivity index (χ3v) is 11.6. The van der Waals surface area contributed by atoms with E-state index < -0.39 is 0 Å². The van der Waals surface area contributed by atoms with Crippen molar-refractivity contribution in [2.24, 2.45) is 45.8 Å². The van der Waals surface area contributed by atoms with Gasteiger partial charge in [-0.25, -0.2) is 0 Å². The minimum Gasteiger partial charge on any atom is -0.393 e. The van der Waals surface area contributed by atoms with Crippen molar-refractivity contribution < 1.29 is 5.11 Å². The summed E-state index contributed by atoms with van der Waals surface area (Å²) in [5.41, 5.74) is 6.09. The van der Waals surface area contributed by atoms with Crippen molar-refractivity contribution in [3.63, 3.8) is 0 Å². The second kappa shape index (κ2) is 8.03. The molecule has 1 unspecified atom stereocenters. The lowest BCUT2D eigenvalue weighted by Gasteiger charge is -2.58. The molecule has 0 aromatic carbocycles. The zero-order chi connectivity index (χ0) is 22.8. The third-order valence-electron chi connectivity index (χ3n) is 11.6. The molecule has 0 spiro atoms. The van der Waals surface area contributed by atoms with Gasteiger partial charge < -0.3 is 5.11 Å². The van der Waals surface area contributed by atoms with E-state index in [2.05, 4.69) is 61.5 Å². The van der Waals surface area contributed by atoms with Crippen molar-refractivity contribution in [2.75, 3.05) is 0 Å². The number of allylic oxidation sites excluding steroid dienone is 4. The van der Waals surface area contributed by atoms with Crippen LogP contribution in [0.5, 0.6) is 0 Å². The SMILES string of the molecule is CC1=CC[C@H]2C(C)(C)[C@@H](O)CCC2(C)[C@H]1CCC1=C(C)CC[C@@]2(C)CC[C@@H](C)[C@H](C)[C@@H]12. The predicted octanol–water partition coefficient (Wildman–Crippen LogP) is 8.34. The number of hydrogen-bond donors (Lipinski definition) is 1. The topological polar surface area (TPSA) is 20.2 Å². The molecule has 0 bridgehead atoms. The molecule has 4 aliphatic rings. The summed E-state index contributed by atoms with van der Waals surface area (Å²) in [5, 5.41) is 10.8. The van der Waals surface area contributed by atoms with Crippen LogP contribution in [-0.4, -0.2) is 11.2 Å². The van der Waals surface area contributed by atoms with Crippen molar-refractivity contribution in [1.82, 2.24) is 0 Å². The van der Waals surface area contributed by atoms with E-state index in [0.717, 1.165) is 30.6 Å². The maximum atomic E-state index is 10.8. The Kier molecular flexibility index (Phi) is 6.11. The van der Waals surface area contributed by atoms with Crippen molar-refractivity contribution >= 4 is 0 Å². The molecule has 4 rings (SSSR count). The van der Waals surface area contributed by atoms with Crippen LogP contribution in [0.1, 0.15) is 113 Å². The lowest BCUT2D eigenvalue weighted by atomic mass is 9.47. The molecule has 1 heteroatoms. The maximum absolute atomic E-state index is 10.8. The second-order valence-corrected chi connectivity index (χ2v) is 13.5. The van der Waals surface area contributed by atoms with Gasteiger partial charge in [-0.05, 0) is 117 Å². The van der Waals surface area contributed by atoms with Gasteiger partial charge in [-0.1, -0.05) is 64.3 Å². The van der Waals surface area contributed by atoms with E-state index >= 15 is 0 Å². The van der Waals surface area contributed by atoms with Crippen LogP contribution >= 0.6 is 0 Å². The normalized spacial score (nSPS) is 47.5. The monoisotopic (exact) mass is 426 g/mol. The third kappa shape index (κ3) is 3.70. The summed E-state index contributed by atoms with van der Waals surface area (Å²) in [5.74, 6) is 3.74. The Bertz CT molecular complexity index is 756. The number of fused-ring (bicyclic) bond motifs is 2. The first-order valence-electron chi connectivity index (χ1n) is 13.4. The van der Waals surface area contributed by atoms with Gasteiger partial charge in [0.05, 0.1) is 6.10 Å². The standard InChI is InChI=1S/C30H50O/c1-19-13-16-29(7)17-14-20(2)23(27(29)22(19)4)10-11-24-21(3)9-12-25-28(5,6)26(31)15-18-30(24,25)8/h9,19,22,24-27,31H,10-18H2,1-8H3/t19-,22+,24+,25+,26+,27+,29-,30?/m1/s1. The Morgan fingerprint density at radius 1 is 1.00 bits per heavy atom. The zero-order valence-electron chi connectivity index (χ0n) is 21.9. The Balaban J connectivity index is 1.60. The van der Waals surface area contributed by atoms with Gasteiger partial charge in [-0.2, -0.15) is 0 Å². The highest BCUT2D eigenvalue weighted by atomic mass is 16.3. The Labute approximate surface area is 193 Å². The molecular formula is C30H50O. The molecule has 1 nitrogen and oxygen atoms in total. The van der Waals surface area contributed by atoms with E-state index in [4.69, 9.17) is 0 Å². The number of rotatable bonds is 3. The van der Waals surface area contributed by atoms with Crippen molar-refractivity contribution in [3.8, 4) is 0 Å². The molecule has 0 aromatic heterocycles. The Hall–Kier alpha value is -0.560. The first kappa shape index (κ1) is 23.6. The van der Waals surface area contributed by atoms with Gasteiger partial charge in [0.2, 0.25) is 0 Å². The molecule has 0 heterocycles. The van der Waals surface area contributed by atoms with Crippen LogP contribution in [0.4, 0.5) is 0 Å². The van der Waals surface area contributed by atoms with E-state index in [0.29, 0.717) is 22.7 Å². The van der Waals surface area contributed by atoms with Gasteiger partial charge >= 0.3 is 0 Å². The molecule has 1 N–H and O–H groups in total. The molecule has 8 atom stereocenters. The minimum atomic E-state index is -0.147. The van der Waals surface area contributed by atoms with Crippen molar-refractivity contribution in [2.45, 2.75) is 119 Å². The molecule has 0 amide bonds. The number of aliphatic hydroxyl groups excluding tert-OH is 1. The summed E-state index contributed by atoms with van der Waals surface area (Å²) < 4.78 is 0. The summed E-state index contributed by atoms with van der Waals surface area (Å²) in [6.45, 7) is 19.8. The van der Waals surface area contributed by atoms with Gasteiger partial charge in [0, 0.05) is 0 Å². The van der Waals surface area contributed by atoms with Crippen LogP contribution in [0, 0.1) is 45.8 Å². The van der Waals surface area contributed by atoms with Crippen molar-refractivity contribution in [1.29, 1.82) is 0 Å². The largest absolute Gasteiger partial charge is 0.393 e. The van der Waals surface area contributed by atoms with Gasteiger partial charge in [0.1, 0.15) is 0 Å². The molecule has 0 radical (unpaired) electrons. The first-order chi connectivity index (χ1) is 14.4. The summed E-state index contributed by atoms with van der Waals surface area (Å²) in [6.07, 6.45) is 13.9. The fraction of sp³-hybridized carbons (Fsp3) is 0.867. The minimum absolute atomic E-state index is 0.0222. The highest BCUT2D eigenvalue weighted by Crippen LogP contribution is 2.62. The van der Waals surface area contributed by atoms with E-state index in [1.807, 2.05) is 5.57 Å². The lowest BCUT2D eigenvalue weighted by Crippen LogP contribution is -2.54. The lowest BCUT2D eigenvalue weighted by molar-refractivity contribution is -0.116. The molecule has 0 aliphatic heterocycles. The molecule has 0 aromatic rings. The smallest absolute Gasteiger partial charge is 0.0594 e. The zero-order valence-corrected chi connectivity index (χ0v) is 21.9. The molecule has 2 fully saturated rings. The summed E-state index contributed by atoms with van der Waals surface area (Å²) in [6, 6.07) is 0. The highest BCUT2D eigenvalue weighted by Gasteiger charge is 2.55. The average Bonchev–Trinajstić information content (AvgIpc) is 2.70. The van der Waals surface area contributed by atoms with E-state index in [9.17, 15) is 5.11 Å². The predicted molar refractivity (Wildman–Crippen MR) is 133 cm³/mol. The molecule has 0 saturated heterocycles. The van der Waals surface area contributed by atoms with Crippen LogP contribution in [-0.2, 0) is 0 Å². The number of aliphatic hydroxyl groups is 1. The van der Waals surface area contributed by atoms with Crippen LogP contribution in [0.3, 0.4) is 0 Å². The highest BCUT2D eigenvalue weighted by molar-refractivity contribution is 5.26.